The summed E-state index contributed by atoms with van der Waals surface area (Å²) in [7, 11) is 0. The van der Waals surface area contributed by atoms with Crippen LogP contribution in [-0.4, -0.2) is 0 Å². The van der Waals surface area contributed by atoms with Crippen LogP contribution in [0.4, 0.5) is 8.78 Å². The molecule has 0 aliphatic heterocycles. The maximum Gasteiger partial charge on any atom is 0.173 e. The van der Waals surface area contributed by atoms with Gasteiger partial charge in [-0.05, 0) is 45.1 Å². The Balaban J connectivity index is 2.38. The Morgan fingerprint density at radius 1 is 1.20 bits per heavy atom. The zero-order valence-electron chi connectivity index (χ0n) is 11.2. The second-order valence-corrected chi connectivity index (χ2v) is 5.53. The Labute approximate surface area is 125 Å². The molecule has 2 N–H and O–H groups in total. The largest absolute Gasteiger partial charge is 0.320 e. The van der Waals surface area contributed by atoms with Crippen molar-refractivity contribution in [3.8, 4) is 0 Å². The van der Waals surface area contributed by atoms with Crippen molar-refractivity contribution in [2.45, 2.75) is 25.8 Å². The third kappa shape index (κ3) is 3.07. The van der Waals surface area contributed by atoms with Gasteiger partial charge in [0.1, 0.15) is 0 Å². The summed E-state index contributed by atoms with van der Waals surface area (Å²) in [6, 6.07) is 10.0. The molecule has 0 radical (unpaired) electrons. The first-order valence-electron chi connectivity index (χ1n) is 6.52. The number of nitrogens with two attached hydrogens (primary N) is 1. The van der Waals surface area contributed by atoms with Gasteiger partial charge in [0.25, 0.3) is 0 Å². The van der Waals surface area contributed by atoms with Crippen molar-refractivity contribution in [1.29, 1.82) is 0 Å². The number of aryl methyl sites for hydroxylation is 1. The van der Waals surface area contributed by atoms with Gasteiger partial charge in [0.05, 0.1) is 10.5 Å². The minimum Gasteiger partial charge on any atom is -0.320 e. The summed E-state index contributed by atoms with van der Waals surface area (Å²) in [5.74, 6) is -1.78. The van der Waals surface area contributed by atoms with E-state index in [2.05, 4.69) is 22.9 Å². The van der Waals surface area contributed by atoms with Crippen LogP contribution in [0.5, 0.6) is 0 Å². The van der Waals surface area contributed by atoms with Crippen LogP contribution in [0.2, 0.25) is 0 Å². The third-order valence-corrected chi connectivity index (χ3v) is 4.05. The van der Waals surface area contributed by atoms with E-state index < -0.39 is 17.7 Å². The molecule has 0 aliphatic carbocycles. The molecule has 2 aromatic carbocycles. The van der Waals surface area contributed by atoms with E-state index in [1.54, 1.807) is 0 Å². The van der Waals surface area contributed by atoms with Gasteiger partial charge in [-0.1, -0.05) is 43.7 Å². The van der Waals surface area contributed by atoms with Crippen molar-refractivity contribution >= 4 is 15.9 Å². The van der Waals surface area contributed by atoms with Crippen LogP contribution in [0.25, 0.3) is 0 Å². The smallest absolute Gasteiger partial charge is 0.173 e. The highest BCUT2D eigenvalue weighted by molar-refractivity contribution is 9.10. The summed E-state index contributed by atoms with van der Waals surface area (Å²) >= 11 is 3.08. The van der Waals surface area contributed by atoms with Crippen LogP contribution in [0.3, 0.4) is 0 Å². The van der Waals surface area contributed by atoms with Gasteiger partial charge in [-0.2, -0.15) is 0 Å². The summed E-state index contributed by atoms with van der Waals surface area (Å²) in [5.41, 5.74) is 8.81. The first-order valence-corrected chi connectivity index (χ1v) is 7.31. The number of benzene rings is 2. The van der Waals surface area contributed by atoms with Gasteiger partial charge < -0.3 is 5.73 Å². The highest BCUT2D eigenvalue weighted by Gasteiger charge is 2.17. The zero-order valence-corrected chi connectivity index (χ0v) is 12.8. The molecule has 0 amide bonds. The topological polar surface area (TPSA) is 26.0 Å². The predicted molar refractivity (Wildman–Crippen MR) is 80.5 cm³/mol. The molecule has 2 aromatic rings. The second kappa shape index (κ2) is 6.46. The molecule has 1 unspecified atom stereocenters. The van der Waals surface area contributed by atoms with Gasteiger partial charge in [-0.25, -0.2) is 8.78 Å². The van der Waals surface area contributed by atoms with Crippen molar-refractivity contribution in [1.82, 2.24) is 0 Å². The lowest BCUT2D eigenvalue weighted by Crippen LogP contribution is -2.13. The molecule has 0 saturated heterocycles. The van der Waals surface area contributed by atoms with Crippen LogP contribution in [0.1, 0.15) is 36.1 Å². The van der Waals surface area contributed by atoms with Gasteiger partial charge in [0, 0.05) is 0 Å². The van der Waals surface area contributed by atoms with E-state index >= 15 is 0 Å². The third-order valence-electron chi connectivity index (χ3n) is 3.25. The maximum atomic E-state index is 13.6. The number of hydrogen-bond acceptors (Lipinski definition) is 1. The summed E-state index contributed by atoms with van der Waals surface area (Å²) in [6.45, 7) is 2.11. The molecule has 0 spiro atoms. The van der Waals surface area contributed by atoms with E-state index in [0.29, 0.717) is 5.56 Å². The van der Waals surface area contributed by atoms with E-state index in [9.17, 15) is 8.78 Å². The van der Waals surface area contributed by atoms with Crippen LogP contribution in [-0.2, 0) is 6.42 Å². The van der Waals surface area contributed by atoms with E-state index in [1.165, 1.54) is 11.6 Å². The van der Waals surface area contributed by atoms with Crippen LogP contribution < -0.4 is 5.73 Å². The molecule has 2 rings (SSSR count). The normalized spacial score (nSPS) is 12.4. The van der Waals surface area contributed by atoms with E-state index in [0.717, 1.165) is 24.5 Å². The molecular formula is C16H16BrF2N. The molecule has 0 heterocycles. The van der Waals surface area contributed by atoms with Gasteiger partial charge >= 0.3 is 0 Å². The summed E-state index contributed by atoms with van der Waals surface area (Å²) in [4.78, 5) is 0. The van der Waals surface area contributed by atoms with Crippen LogP contribution >= 0.6 is 15.9 Å². The molecule has 0 bridgehead atoms. The monoisotopic (exact) mass is 339 g/mol. The first-order chi connectivity index (χ1) is 9.54. The van der Waals surface area contributed by atoms with Crippen molar-refractivity contribution in [2.75, 3.05) is 0 Å². The average molecular weight is 340 g/mol. The summed E-state index contributed by atoms with van der Waals surface area (Å²) in [5, 5.41) is 0. The Hall–Kier alpha value is -1.26. The Morgan fingerprint density at radius 2 is 1.95 bits per heavy atom. The Kier molecular flexibility index (Phi) is 4.89. The zero-order chi connectivity index (χ0) is 14.7. The van der Waals surface area contributed by atoms with E-state index in [-0.39, 0.29) is 4.47 Å². The van der Waals surface area contributed by atoms with Crippen molar-refractivity contribution in [3.63, 3.8) is 0 Å². The van der Waals surface area contributed by atoms with Gasteiger partial charge in [-0.15, -0.1) is 0 Å². The molecule has 1 atom stereocenters. The average Bonchev–Trinajstić information content (AvgIpc) is 2.45. The van der Waals surface area contributed by atoms with Gasteiger partial charge in [0.2, 0.25) is 0 Å². The first kappa shape index (κ1) is 15.1. The van der Waals surface area contributed by atoms with Crippen LogP contribution in [0, 0.1) is 11.6 Å². The predicted octanol–water partition coefficient (Wildman–Crippen LogP) is 4.73. The fourth-order valence-corrected chi connectivity index (χ4v) is 2.76. The molecular weight excluding hydrogens is 324 g/mol. The molecule has 0 aliphatic rings. The lowest BCUT2D eigenvalue weighted by Gasteiger charge is -2.16. The maximum absolute atomic E-state index is 13.6. The lowest BCUT2D eigenvalue weighted by molar-refractivity contribution is 0.501. The molecule has 1 nitrogen and oxygen atoms in total. The van der Waals surface area contributed by atoms with Gasteiger partial charge in [0.15, 0.2) is 11.6 Å². The summed E-state index contributed by atoms with van der Waals surface area (Å²) < 4.78 is 26.8. The number of hydrogen-bond donors (Lipinski definition) is 1. The number of rotatable bonds is 4. The molecule has 4 heteroatoms. The van der Waals surface area contributed by atoms with E-state index in [4.69, 9.17) is 5.73 Å². The van der Waals surface area contributed by atoms with E-state index in [1.807, 2.05) is 24.3 Å². The molecule has 106 valence electrons. The SMILES string of the molecule is CCCc1cccc(C(N)c2ccc(F)c(F)c2Br)c1. The molecule has 0 fully saturated rings. The lowest BCUT2D eigenvalue weighted by atomic mass is 9.97. The molecule has 0 aromatic heterocycles. The highest BCUT2D eigenvalue weighted by atomic mass is 79.9. The molecule has 20 heavy (non-hydrogen) atoms. The van der Waals surface area contributed by atoms with Crippen molar-refractivity contribution in [2.24, 2.45) is 5.73 Å². The second-order valence-electron chi connectivity index (χ2n) is 4.74. The summed E-state index contributed by atoms with van der Waals surface area (Å²) in [6.07, 6.45) is 2.02. The quantitative estimate of drug-likeness (QED) is 0.800. The Morgan fingerprint density at radius 3 is 2.65 bits per heavy atom. The van der Waals surface area contributed by atoms with Gasteiger partial charge in [-0.3, -0.25) is 0 Å². The van der Waals surface area contributed by atoms with Crippen molar-refractivity contribution < 1.29 is 8.78 Å². The fourth-order valence-electron chi connectivity index (χ4n) is 2.19. The minimum absolute atomic E-state index is 0.0888. The van der Waals surface area contributed by atoms with Crippen molar-refractivity contribution in [3.05, 3.63) is 69.2 Å². The standard InChI is InChI=1S/C16H16BrF2N/c1-2-4-10-5-3-6-11(9-10)16(20)12-7-8-13(18)15(19)14(12)17/h3,5-9,16H,2,4,20H2,1H3. The molecule has 0 saturated carbocycles. The fraction of sp³-hybridized carbons (Fsp3) is 0.250. The highest BCUT2D eigenvalue weighted by Crippen LogP contribution is 2.30. The number of halogens is 3. The Bertz CT molecular complexity index is 613. The minimum atomic E-state index is -0.900. The van der Waals surface area contributed by atoms with Crippen LogP contribution in [0.15, 0.2) is 40.9 Å².